The van der Waals surface area contributed by atoms with Crippen LogP contribution in [0.5, 0.6) is 0 Å². The van der Waals surface area contributed by atoms with Crippen molar-refractivity contribution in [1.82, 2.24) is 19.9 Å². The van der Waals surface area contributed by atoms with Crippen molar-refractivity contribution in [3.63, 3.8) is 0 Å². The van der Waals surface area contributed by atoms with Gasteiger partial charge in [-0.2, -0.15) is 5.10 Å². The van der Waals surface area contributed by atoms with Crippen LogP contribution in [-0.4, -0.2) is 21.1 Å². The molecule has 0 bridgehead atoms. The van der Waals surface area contributed by atoms with Gasteiger partial charge in [-0.15, -0.1) is 0 Å². The van der Waals surface area contributed by atoms with Crippen LogP contribution >= 0.6 is 0 Å². The fraction of sp³-hybridized carbons (Fsp3) is 0.455. The van der Waals surface area contributed by atoms with Crippen molar-refractivity contribution in [3.8, 4) is 0 Å². The van der Waals surface area contributed by atoms with Gasteiger partial charge in [0.2, 0.25) is 0 Å². The maximum Gasteiger partial charge on any atom is 0.155 e. The maximum atomic E-state index is 4.32. The van der Waals surface area contributed by atoms with Gasteiger partial charge in [0.1, 0.15) is 5.82 Å². The Morgan fingerprint density at radius 1 is 1.47 bits per heavy atom. The van der Waals surface area contributed by atoms with Crippen LogP contribution in [-0.2, 0) is 0 Å². The lowest BCUT2D eigenvalue weighted by molar-refractivity contribution is 0.641. The molecule has 0 amide bonds. The molecule has 1 saturated heterocycles. The van der Waals surface area contributed by atoms with Crippen molar-refractivity contribution in [2.75, 3.05) is 6.54 Å². The Morgan fingerprint density at radius 2 is 2.40 bits per heavy atom. The van der Waals surface area contributed by atoms with Gasteiger partial charge in [0, 0.05) is 12.2 Å². The number of aromatic nitrogens is 3. The summed E-state index contributed by atoms with van der Waals surface area (Å²) in [5.74, 6) is 0.825. The number of pyridine rings is 1. The Kier molecular flexibility index (Phi) is 1.95. The van der Waals surface area contributed by atoms with Gasteiger partial charge in [-0.05, 0) is 37.9 Å². The van der Waals surface area contributed by atoms with Crippen LogP contribution in [0.3, 0.4) is 0 Å². The Balaban J connectivity index is 2.04. The number of hydrogen-bond acceptors (Lipinski definition) is 3. The van der Waals surface area contributed by atoms with E-state index >= 15 is 0 Å². The number of aryl methyl sites for hydroxylation is 1. The van der Waals surface area contributed by atoms with Crippen molar-refractivity contribution >= 4 is 5.65 Å². The molecule has 0 spiro atoms. The summed E-state index contributed by atoms with van der Waals surface area (Å²) < 4.78 is 1.87. The molecule has 2 aromatic heterocycles. The van der Waals surface area contributed by atoms with Crippen LogP contribution in [0, 0.1) is 6.92 Å². The molecule has 0 aromatic carbocycles. The first-order valence-corrected chi connectivity index (χ1v) is 5.39. The topological polar surface area (TPSA) is 42.2 Å². The molecule has 15 heavy (non-hydrogen) atoms. The Labute approximate surface area is 88.3 Å². The summed E-state index contributed by atoms with van der Waals surface area (Å²) in [7, 11) is 0. The molecule has 1 aliphatic heterocycles. The van der Waals surface area contributed by atoms with Gasteiger partial charge < -0.3 is 5.32 Å². The summed E-state index contributed by atoms with van der Waals surface area (Å²) in [5.41, 5.74) is 2.24. The molecule has 78 valence electrons. The molecule has 3 heterocycles. The predicted octanol–water partition coefficient (Wildman–Crippen LogP) is 1.46. The van der Waals surface area contributed by atoms with Crippen molar-refractivity contribution < 1.29 is 0 Å². The zero-order valence-corrected chi connectivity index (χ0v) is 8.77. The van der Waals surface area contributed by atoms with E-state index < -0.39 is 0 Å². The minimum atomic E-state index is 0.499. The lowest BCUT2D eigenvalue weighted by Gasteiger charge is -2.09. The first-order chi connectivity index (χ1) is 7.33. The summed E-state index contributed by atoms with van der Waals surface area (Å²) in [6.07, 6.45) is 4.57. The first kappa shape index (κ1) is 8.85. The lowest BCUT2D eigenvalue weighted by atomic mass is 10.1. The standard InChI is InChI=1S/C11H14N4/c1-8-13-11-5-4-9(7-15(11)14-8)10-3-2-6-12-10/h4-5,7,10,12H,2-3,6H2,1H3. The average Bonchev–Trinajstić information content (AvgIpc) is 2.82. The van der Waals surface area contributed by atoms with Gasteiger partial charge in [0.15, 0.2) is 5.65 Å². The molecule has 3 rings (SSSR count). The Bertz CT molecular complexity index is 482. The van der Waals surface area contributed by atoms with E-state index in [0.717, 1.165) is 18.0 Å². The van der Waals surface area contributed by atoms with E-state index in [4.69, 9.17) is 0 Å². The Hall–Kier alpha value is -1.42. The second kappa shape index (κ2) is 3.31. The zero-order chi connectivity index (χ0) is 10.3. The number of hydrogen-bond donors (Lipinski definition) is 1. The van der Waals surface area contributed by atoms with E-state index in [1.165, 1.54) is 18.4 Å². The summed E-state index contributed by atoms with van der Waals surface area (Å²) in [6, 6.07) is 4.68. The minimum Gasteiger partial charge on any atom is -0.310 e. The van der Waals surface area contributed by atoms with Gasteiger partial charge in [0.25, 0.3) is 0 Å². The predicted molar refractivity (Wildman–Crippen MR) is 57.7 cm³/mol. The third-order valence-electron chi connectivity index (χ3n) is 2.92. The highest BCUT2D eigenvalue weighted by molar-refractivity contribution is 5.39. The second-order valence-electron chi connectivity index (χ2n) is 4.07. The number of nitrogens with one attached hydrogen (secondary N) is 1. The van der Waals surface area contributed by atoms with E-state index in [-0.39, 0.29) is 0 Å². The van der Waals surface area contributed by atoms with Crippen LogP contribution < -0.4 is 5.32 Å². The summed E-state index contributed by atoms with van der Waals surface area (Å²) in [5, 5.41) is 7.81. The average molecular weight is 202 g/mol. The maximum absolute atomic E-state index is 4.32. The highest BCUT2D eigenvalue weighted by atomic mass is 15.3. The van der Waals surface area contributed by atoms with E-state index in [1.807, 2.05) is 17.5 Å². The summed E-state index contributed by atoms with van der Waals surface area (Å²) in [6.45, 7) is 3.04. The van der Waals surface area contributed by atoms with E-state index in [9.17, 15) is 0 Å². The largest absolute Gasteiger partial charge is 0.310 e. The minimum absolute atomic E-state index is 0.499. The van der Waals surface area contributed by atoms with Crippen molar-refractivity contribution in [1.29, 1.82) is 0 Å². The third-order valence-corrected chi connectivity index (χ3v) is 2.92. The van der Waals surface area contributed by atoms with Gasteiger partial charge in [-0.3, -0.25) is 0 Å². The molecule has 4 heteroatoms. The van der Waals surface area contributed by atoms with E-state index in [1.54, 1.807) is 0 Å². The molecular weight excluding hydrogens is 188 g/mol. The SMILES string of the molecule is Cc1nc2ccc(C3CCCN3)cn2n1. The summed E-state index contributed by atoms with van der Waals surface area (Å²) >= 11 is 0. The van der Waals surface area contributed by atoms with Crippen molar-refractivity contribution in [3.05, 3.63) is 29.7 Å². The van der Waals surface area contributed by atoms with Crippen LogP contribution in [0.1, 0.15) is 30.3 Å². The molecule has 1 aliphatic rings. The quantitative estimate of drug-likeness (QED) is 0.761. The van der Waals surface area contributed by atoms with Crippen molar-refractivity contribution in [2.45, 2.75) is 25.8 Å². The zero-order valence-electron chi connectivity index (χ0n) is 8.77. The molecule has 2 aromatic rings. The highest BCUT2D eigenvalue weighted by Crippen LogP contribution is 2.22. The van der Waals surface area contributed by atoms with Gasteiger partial charge >= 0.3 is 0 Å². The molecule has 1 atom stereocenters. The monoisotopic (exact) mass is 202 g/mol. The molecule has 1 unspecified atom stereocenters. The summed E-state index contributed by atoms with van der Waals surface area (Å²) in [4.78, 5) is 4.31. The number of fused-ring (bicyclic) bond motifs is 1. The van der Waals surface area contributed by atoms with Crippen LogP contribution in [0.25, 0.3) is 5.65 Å². The molecule has 1 N–H and O–H groups in total. The highest BCUT2D eigenvalue weighted by Gasteiger charge is 2.16. The van der Waals surface area contributed by atoms with Crippen molar-refractivity contribution in [2.24, 2.45) is 0 Å². The van der Waals surface area contributed by atoms with Gasteiger partial charge in [-0.25, -0.2) is 9.50 Å². The fourth-order valence-corrected chi connectivity index (χ4v) is 2.19. The normalized spacial score (nSPS) is 21.3. The van der Waals surface area contributed by atoms with Crippen LogP contribution in [0.15, 0.2) is 18.3 Å². The van der Waals surface area contributed by atoms with Crippen LogP contribution in [0.4, 0.5) is 0 Å². The van der Waals surface area contributed by atoms with E-state index in [2.05, 4.69) is 27.7 Å². The molecule has 1 fully saturated rings. The van der Waals surface area contributed by atoms with Gasteiger partial charge in [0.05, 0.1) is 0 Å². The van der Waals surface area contributed by atoms with Gasteiger partial charge in [-0.1, -0.05) is 6.07 Å². The first-order valence-electron chi connectivity index (χ1n) is 5.39. The second-order valence-corrected chi connectivity index (χ2v) is 4.07. The molecule has 0 saturated carbocycles. The molecular formula is C11H14N4. The lowest BCUT2D eigenvalue weighted by Crippen LogP contribution is -2.13. The molecule has 4 nitrogen and oxygen atoms in total. The number of nitrogens with zero attached hydrogens (tertiary/aromatic N) is 3. The third kappa shape index (κ3) is 1.51. The smallest absolute Gasteiger partial charge is 0.155 e. The Morgan fingerprint density at radius 3 is 3.20 bits per heavy atom. The van der Waals surface area contributed by atoms with E-state index in [0.29, 0.717) is 6.04 Å². The number of rotatable bonds is 1. The fourth-order valence-electron chi connectivity index (χ4n) is 2.19. The molecule has 0 radical (unpaired) electrons. The van der Waals surface area contributed by atoms with Crippen LogP contribution in [0.2, 0.25) is 0 Å². The molecule has 0 aliphatic carbocycles.